The normalized spacial score (nSPS) is 28.4. The molecule has 1 heterocycles. The van der Waals surface area contributed by atoms with Crippen molar-refractivity contribution in [3.8, 4) is 0 Å². The SMILES string of the molecule is CCC1CN(CC(=O)C2CCCC2)CCO1. The third-order valence-corrected chi connectivity index (χ3v) is 3.87. The van der Waals surface area contributed by atoms with Crippen LogP contribution in [-0.4, -0.2) is 43.0 Å². The summed E-state index contributed by atoms with van der Waals surface area (Å²) < 4.78 is 5.61. The highest BCUT2D eigenvalue weighted by atomic mass is 16.5. The molecule has 1 saturated heterocycles. The third kappa shape index (κ3) is 3.05. The Morgan fingerprint density at radius 1 is 1.38 bits per heavy atom. The van der Waals surface area contributed by atoms with E-state index < -0.39 is 0 Å². The van der Waals surface area contributed by atoms with Gasteiger partial charge in [0.05, 0.1) is 19.3 Å². The summed E-state index contributed by atoms with van der Waals surface area (Å²) in [5, 5.41) is 0. The molecular weight excluding hydrogens is 202 g/mol. The summed E-state index contributed by atoms with van der Waals surface area (Å²) in [4.78, 5) is 14.3. The van der Waals surface area contributed by atoms with Crippen molar-refractivity contribution in [3.63, 3.8) is 0 Å². The second-order valence-corrected chi connectivity index (χ2v) is 5.08. The topological polar surface area (TPSA) is 29.5 Å². The van der Waals surface area contributed by atoms with Crippen molar-refractivity contribution >= 4 is 5.78 Å². The van der Waals surface area contributed by atoms with Crippen molar-refractivity contribution in [2.45, 2.75) is 45.1 Å². The molecule has 1 aliphatic carbocycles. The lowest BCUT2D eigenvalue weighted by atomic mass is 10.0. The van der Waals surface area contributed by atoms with Crippen LogP contribution in [0.2, 0.25) is 0 Å². The molecule has 0 aromatic carbocycles. The Labute approximate surface area is 98.1 Å². The highest BCUT2D eigenvalue weighted by Crippen LogP contribution is 2.25. The van der Waals surface area contributed by atoms with E-state index in [1.807, 2.05) is 0 Å². The summed E-state index contributed by atoms with van der Waals surface area (Å²) >= 11 is 0. The van der Waals surface area contributed by atoms with Gasteiger partial charge < -0.3 is 4.74 Å². The molecule has 2 fully saturated rings. The minimum Gasteiger partial charge on any atom is -0.376 e. The first kappa shape index (κ1) is 12.1. The molecule has 3 nitrogen and oxygen atoms in total. The largest absolute Gasteiger partial charge is 0.376 e. The van der Waals surface area contributed by atoms with Crippen LogP contribution in [0.25, 0.3) is 0 Å². The third-order valence-electron chi connectivity index (χ3n) is 3.87. The number of morpholine rings is 1. The van der Waals surface area contributed by atoms with E-state index in [1.165, 1.54) is 12.8 Å². The minimum absolute atomic E-state index is 0.338. The molecule has 1 unspecified atom stereocenters. The summed E-state index contributed by atoms with van der Waals surface area (Å²) in [5.74, 6) is 0.831. The minimum atomic E-state index is 0.338. The average Bonchev–Trinajstić information content (AvgIpc) is 2.83. The second kappa shape index (κ2) is 5.78. The quantitative estimate of drug-likeness (QED) is 0.731. The zero-order valence-corrected chi connectivity index (χ0v) is 10.3. The van der Waals surface area contributed by atoms with Crippen molar-refractivity contribution in [2.75, 3.05) is 26.2 Å². The van der Waals surface area contributed by atoms with Crippen LogP contribution >= 0.6 is 0 Å². The number of hydrogen-bond donors (Lipinski definition) is 0. The van der Waals surface area contributed by atoms with Crippen LogP contribution in [0.1, 0.15) is 39.0 Å². The average molecular weight is 225 g/mol. The van der Waals surface area contributed by atoms with Gasteiger partial charge in [-0.2, -0.15) is 0 Å². The molecule has 0 bridgehead atoms. The number of rotatable bonds is 4. The van der Waals surface area contributed by atoms with Gasteiger partial charge >= 0.3 is 0 Å². The van der Waals surface area contributed by atoms with Crippen LogP contribution in [0.4, 0.5) is 0 Å². The van der Waals surface area contributed by atoms with Crippen molar-refractivity contribution < 1.29 is 9.53 Å². The van der Waals surface area contributed by atoms with E-state index in [-0.39, 0.29) is 0 Å². The molecule has 0 radical (unpaired) electrons. The maximum absolute atomic E-state index is 12.0. The molecule has 92 valence electrons. The van der Waals surface area contributed by atoms with E-state index in [2.05, 4.69) is 11.8 Å². The predicted molar refractivity (Wildman–Crippen MR) is 63.4 cm³/mol. The van der Waals surface area contributed by atoms with Crippen molar-refractivity contribution in [1.29, 1.82) is 0 Å². The number of hydrogen-bond acceptors (Lipinski definition) is 3. The van der Waals surface area contributed by atoms with Gasteiger partial charge in [0, 0.05) is 19.0 Å². The number of carbonyl (C=O) groups is 1. The predicted octanol–water partition coefficient (Wildman–Crippen LogP) is 1.86. The lowest BCUT2D eigenvalue weighted by molar-refractivity contribution is -0.125. The first-order chi connectivity index (χ1) is 7.79. The first-order valence-electron chi connectivity index (χ1n) is 6.66. The zero-order chi connectivity index (χ0) is 11.4. The Kier molecular flexibility index (Phi) is 4.36. The van der Waals surface area contributed by atoms with Gasteiger partial charge in [0.1, 0.15) is 5.78 Å². The van der Waals surface area contributed by atoms with Crippen LogP contribution in [0.5, 0.6) is 0 Å². The summed E-state index contributed by atoms with van der Waals surface area (Å²) in [6.07, 6.45) is 6.13. The fourth-order valence-corrected chi connectivity index (χ4v) is 2.77. The van der Waals surface area contributed by atoms with Gasteiger partial charge in [-0.15, -0.1) is 0 Å². The Morgan fingerprint density at radius 2 is 2.12 bits per heavy atom. The fraction of sp³-hybridized carbons (Fsp3) is 0.923. The lowest BCUT2D eigenvalue weighted by Crippen LogP contribution is -2.45. The molecule has 0 N–H and O–H groups in total. The van der Waals surface area contributed by atoms with Crippen LogP contribution in [0.3, 0.4) is 0 Å². The molecule has 16 heavy (non-hydrogen) atoms. The van der Waals surface area contributed by atoms with E-state index in [0.29, 0.717) is 24.3 Å². The molecule has 0 aromatic rings. The smallest absolute Gasteiger partial charge is 0.149 e. The number of carbonyl (C=O) groups excluding carboxylic acids is 1. The van der Waals surface area contributed by atoms with Gasteiger partial charge in [-0.05, 0) is 19.3 Å². The number of ether oxygens (including phenoxy) is 1. The highest BCUT2D eigenvalue weighted by Gasteiger charge is 2.26. The molecule has 1 aliphatic heterocycles. The monoisotopic (exact) mass is 225 g/mol. The standard InChI is InChI=1S/C13H23NO2/c1-2-12-9-14(7-8-16-12)10-13(15)11-5-3-4-6-11/h11-12H,2-10H2,1H3. The fourth-order valence-electron chi connectivity index (χ4n) is 2.77. The molecule has 0 spiro atoms. The second-order valence-electron chi connectivity index (χ2n) is 5.08. The highest BCUT2D eigenvalue weighted by molar-refractivity contribution is 5.83. The summed E-state index contributed by atoms with van der Waals surface area (Å²) in [7, 11) is 0. The van der Waals surface area contributed by atoms with Gasteiger partial charge in [0.2, 0.25) is 0 Å². The molecule has 1 atom stereocenters. The maximum atomic E-state index is 12.0. The summed E-state index contributed by atoms with van der Waals surface area (Å²) in [5.41, 5.74) is 0. The maximum Gasteiger partial charge on any atom is 0.149 e. The number of nitrogens with zero attached hydrogens (tertiary/aromatic N) is 1. The zero-order valence-electron chi connectivity index (χ0n) is 10.3. The first-order valence-corrected chi connectivity index (χ1v) is 6.66. The molecule has 2 aliphatic rings. The Morgan fingerprint density at radius 3 is 2.81 bits per heavy atom. The number of Topliss-reactive ketones (excluding diaryl/α,β-unsaturated/α-hetero) is 1. The number of ketones is 1. The molecule has 1 saturated carbocycles. The Hall–Kier alpha value is -0.410. The van der Waals surface area contributed by atoms with Gasteiger partial charge in [-0.3, -0.25) is 9.69 Å². The Balaban J connectivity index is 1.77. The molecule has 2 rings (SSSR count). The van der Waals surface area contributed by atoms with Crippen molar-refractivity contribution in [3.05, 3.63) is 0 Å². The Bertz CT molecular complexity index is 236. The van der Waals surface area contributed by atoms with Gasteiger partial charge in [-0.25, -0.2) is 0 Å². The summed E-state index contributed by atoms with van der Waals surface area (Å²) in [6.45, 7) is 5.46. The van der Waals surface area contributed by atoms with E-state index in [4.69, 9.17) is 4.74 Å². The van der Waals surface area contributed by atoms with E-state index in [0.717, 1.165) is 39.0 Å². The van der Waals surface area contributed by atoms with Gasteiger partial charge in [-0.1, -0.05) is 19.8 Å². The van der Waals surface area contributed by atoms with E-state index in [9.17, 15) is 4.79 Å². The van der Waals surface area contributed by atoms with Crippen molar-refractivity contribution in [2.24, 2.45) is 5.92 Å². The van der Waals surface area contributed by atoms with Crippen LogP contribution in [-0.2, 0) is 9.53 Å². The van der Waals surface area contributed by atoms with Crippen LogP contribution in [0, 0.1) is 5.92 Å². The van der Waals surface area contributed by atoms with Crippen LogP contribution in [0.15, 0.2) is 0 Å². The molecule has 0 amide bonds. The summed E-state index contributed by atoms with van der Waals surface area (Å²) in [6, 6.07) is 0. The lowest BCUT2D eigenvalue weighted by Gasteiger charge is -2.32. The molecule has 0 aromatic heterocycles. The van der Waals surface area contributed by atoms with Crippen LogP contribution < -0.4 is 0 Å². The van der Waals surface area contributed by atoms with Crippen molar-refractivity contribution in [1.82, 2.24) is 4.90 Å². The van der Waals surface area contributed by atoms with Gasteiger partial charge in [0.25, 0.3) is 0 Å². The molecular formula is C13H23NO2. The van der Waals surface area contributed by atoms with E-state index >= 15 is 0 Å². The molecule has 3 heteroatoms. The van der Waals surface area contributed by atoms with Gasteiger partial charge in [0.15, 0.2) is 0 Å². The van der Waals surface area contributed by atoms with E-state index in [1.54, 1.807) is 0 Å².